The standard InChI is InChI=1S/C13H25N3O/c14-13(16-12-6-2-1-3-7-12)15-9-11-5-4-8-17-10-11/h11-12H,1-10H2,(H3,14,15,16). The molecule has 0 bridgehead atoms. The normalized spacial score (nSPS) is 28.0. The number of ether oxygens (including phenoxy) is 1. The molecule has 0 aromatic rings. The summed E-state index contributed by atoms with van der Waals surface area (Å²) in [6.45, 7) is 2.57. The van der Waals surface area contributed by atoms with Gasteiger partial charge in [0.05, 0.1) is 6.61 Å². The van der Waals surface area contributed by atoms with Crippen molar-refractivity contribution in [3.63, 3.8) is 0 Å². The Morgan fingerprint density at radius 1 is 1.18 bits per heavy atom. The SMILES string of the molecule is NC(=NCC1CCCOC1)NC1CCCCC1. The predicted molar refractivity (Wildman–Crippen MR) is 70.0 cm³/mol. The third-order valence-electron chi connectivity index (χ3n) is 3.73. The van der Waals surface area contributed by atoms with Gasteiger partial charge < -0.3 is 15.8 Å². The molecule has 0 radical (unpaired) electrons. The molecule has 3 N–H and O–H groups in total. The molecule has 0 amide bonds. The number of nitrogens with two attached hydrogens (primary N) is 1. The Morgan fingerprint density at radius 3 is 2.71 bits per heavy atom. The lowest BCUT2D eigenvalue weighted by Crippen LogP contribution is -2.41. The minimum atomic E-state index is 0.551. The van der Waals surface area contributed by atoms with Gasteiger partial charge in [-0.05, 0) is 25.7 Å². The molecule has 0 aromatic heterocycles. The van der Waals surface area contributed by atoms with Crippen LogP contribution in [-0.2, 0) is 4.74 Å². The quantitative estimate of drug-likeness (QED) is 0.581. The molecular weight excluding hydrogens is 214 g/mol. The third kappa shape index (κ3) is 4.54. The van der Waals surface area contributed by atoms with E-state index in [1.165, 1.54) is 38.5 Å². The fourth-order valence-electron chi connectivity index (χ4n) is 2.68. The number of hydrogen-bond donors (Lipinski definition) is 2. The minimum absolute atomic E-state index is 0.551. The Balaban J connectivity index is 1.68. The van der Waals surface area contributed by atoms with Crippen molar-refractivity contribution in [3.05, 3.63) is 0 Å². The zero-order valence-corrected chi connectivity index (χ0v) is 10.7. The molecular formula is C13H25N3O. The fraction of sp³-hybridized carbons (Fsp3) is 0.923. The van der Waals surface area contributed by atoms with E-state index < -0.39 is 0 Å². The lowest BCUT2D eigenvalue weighted by molar-refractivity contribution is 0.0582. The van der Waals surface area contributed by atoms with Crippen molar-refractivity contribution in [2.75, 3.05) is 19.8 Å². The van der Waals surface area contributed by atoms with Crippen molar-refractivity contribution in [2.45, 2.75) is 51.0 Å². The maximum atomic E-state index is 5.92. The van der Waals surface area contributed by atoms with Crippen molar-refractivity contribution in [1.29, 1.82) is 0 Å². The van der Waals surface area contributed by atoms with E-state index >= 15 is 0 Å². The minimum Gasteiger partial charge on any atom is -0.381 e. The van der Waals surface area contributed by atoms with E-state index in [1.807, 2.05) is 0 Å². The first-order valence-electron chi connectivity index (χ1n) is 6.99. The molecule has 4 heteroatoms. The Hall–Kier alpha value is -0.770. The molecule has 2 aliphatic rings. The van der Waals surface area contributed by atoms with Gasteiger partial charge in [-0.25, -0.2) is 0 Å². The summed E-state index contributed by atoms with van der Waals surface area (Å²) in [5, 5.41) is 3.35. The largest absolute Gasteiger partial charge is 0.381 e. The first-order valence-corrected chi connectivity index (χ1v) is 6.99. The van der Waals surface area contributed by atoms with Gasteiger partial charge in [0.15, 0.2) is 5.96 Å². The van der Waals surface area contributed by atoms with E-state index in [-0.39, 0.29) is 0 Å². The van der Waals surface area contributed by atoms with Gasteiger partial charge in [-0.15, -0.1) is 0 Å². The Kier molecular flexibility index (Phi) is 5.10. The Morgan fingerprint density at radius 2 is 2.00 bits per heavy atom. The summed E-state index contributed by atoms with van der Waals surface area (Å²) >= 11 is 0. The zero-order valence-electron chi connectivity index (χ0n) is 10.7. The maximum Gasteiger partial charge on any atom is 0.188 e. The van der Waals surface area contributed by atoms with Gasteiger partial charge in [0.1, 0.15) is 0 Å². The van der Waals surface area contributed by atoms with Crippen LogP contribution < -0.4 is 11.1 Å². The van der Waals surface area contributed by atoms with Crippen molar-refractivity contribution < 1.29 is 4.74 Å². The second-order valence-electron chi connectivity index (χ2n) is 5.29. The van der Waals surface area contributed by atoms with Crippen molar-refractivity contribution >= 4 is 5.96 Å². The smallest absolute Gasteiger partial charge is 0.188 e. The van der Waals surface area contributed by atoms with E-state index in [9.17, 15) is 0 Å². The molecule has 1 aliphatic heterocycles. The fourth-order valence-corrected chi connectivity index (χ4v) is 2.68. The van der Waals surface area contributed by atoms with Crippen LogP contribution >= 0.6 is 0 Å². The van der Waals surface area contributed by atoms with Crippen molar-refractivity contribution in [3.8, 4) is 0 Å². The summed E-state index contributed by atoms with van der Waals surface area (Å²) in [7, 11) is 0. The average Bonchev–Trinajstić information content (AvgIpc) is 2.39. The van der Waals surface area contributed by atoms with Gasteiger partial charge in [-0.2, -0.15) is 0 Å². The summed E-state index contributed by atoms with van der Waals surface area (Å²) in [5.41, 5.74) is 5.92. The molecule has 0 aromatic carbocycles. The third-order valence-corrected chi connectivity index (χ3v) is 3.73. The molecule has 1 aliphatic carbocycles. The van der Waals surface area contributed by atoms with Crippen LogP contribution in [0.15, 0.2) is 4.99 Å². The molecule has 1 heterocycles. The summed E-state index contributed by atoms with van der Waals surface area (Å²) in [6, 6.07) is 0.551. The van der Waals surface area contributed by atoms with E-state index in [0.717, 1.165) is 26.2 Å². The summed E-state index contributed by atoms with van der Waals surface area (Å²) in [5.74, 6) is 1.19. The highest BCUT2D eigenvalue weighted by atomic mass is 16.5. The van der Waals surface area contributed by atoms with Gasteiger partial charge in [0, 0.05) is 25.1 Å². The van der Waals surface area contributed by atoms with Gasteiger partial charge in [-0.3, -0.25) is 4.99 Å². The zero-order chi connectivity index (χ0) is 11.9. The number of nitrogens with one attached hydrogen (secondary N) is 1. The lowest BCUT2D eigenvalue weighted by atomic mass is 9.96. The molecule has 1 unspecified atom stereocenters. The van der Waals surface area contributed by atoms with Crippen LogP contribution in [-0.4, -0.2) is 31.8 Å². The lowest BCUT2D eigenvalue weighted by Gasteiger charge is -2.24. The number of nitrogens with zero attached hydrogens (tertiary/aromatic N) is 1. The van der Waals surface area contributed by atoms with Crippen LogP contribution in [0.3, 0.4) is 0 Å². The number of guanidine groups is 1. The molecule has 4 nitrogen and oxygen atoms in total. The van der Waals surface area contributed by atoms with Gasteiger partial charge in [-0.1, -0.05) is 19.3 Å². The highest BCUT2D eigenvalue weighted by molar-refractivity contribution is 5.78. The molecule has 2 fully saturated rings. The molecule has 1 saturated carbocycles. The van der Waals surface area contributed by atoms with Gasteiger partial charge >= 0.3 is 0 Å². The average molecular weight is 239 g/mol. The van der Waals surface area contributed by atoms with E-state index in [0.29, 0.717) is 17.9 Å². The number of rotatable bonds is 3. The highest BCUT2D eigenvalue weighted by Crippen LogP contribution is 2.17. The second-order valence-corrected chi connectivity index (χ2v) is 5.29. The Bertz CT molecular complexity index is 243. The second kappa shape index (κ2) is 6.84. The van der Waals surface area contributed by atoms with Crippen LogP contribution in [0.2, 0.25) is 0 Å². The maximum absolute atomic E-state index is 5.92. The number of aliphatic imine (C=N–C) groups is 1. The van der Waals surface area contributed by atoms with E-state index in [2.05, 4.69) is 10.3 Å². The first kappa shape index (κ1) is 12.7. The van der Waals surface area contributed by atoms with Crippen LogP contribution in [0.4, 0.5) is 0 Å². The van der Waals surface area contributed by atoms with Crippen LogP contribution in [0.5, 0.6) is 0 Å². The highest BCUT2D eigenvalue weighted by Gasteiger charge is 2.15. The van der Waals surface area contributed by atoms with E-state index in [4.69, 9.17) is 10.5 Å². The molecule has 98 valence electrons. The Labute approximate surface area is 104 Å². The monoisotopic (exact) mass is 239 g/mol. The summed E-state index contributed by atoms with van der Waals surface area (Å²) in [6.07, 6.45) is 8.87. The first-order chi connectivity index (χ1) is 8.34. The number of hydrogen-bond acceptors (Lipinski definition) is 2. The molecule has 1 atom stereocenters. The predicted octanol–water partition coefficient (Wildman–Crippen LogP) is 1.65. The van der Waals surface area contributed by atoms with Crippen LogP contribution in [0.25, 0.3) is 0 Å². The van der Waals surface area contributed by atoms with Crippen LogP contribution in [0, 0.1) is 5.92 Å². The molecule has 0 spiro atoms. The van der Waals surface area contributed by atoms with Crippen molar-refractivity contribution in [1.82, 2.24) is 5.32 Å². The molecule has 2 rings (SSSR count). The van der Waals surface area contributed by atoms with Gasteiger partial charge in [0.2, 0.25) is 0 Å². The molecule has 17 heavy (non-hydrogen) atoms. The van der Waals surface area contributed by atoms with Crippen molar-refractivity contribution in [2.24, 2.45) is 16.6 Å². The van der Waals surface area contributed by atoms with E-state index in [1.54, 1.807) is 0 Å². The van der Waals surface area contributed by atoms with Gasteiger partial charge in [0.25, 0.3) is 0 Å². The summed E-state index contributed by atoms with van der Waals surface area (Å²) < 4.78 is 5.43. The molecule has 1 saturated heterocycles. The van der Waals surface area contributed by atoms with Crippen LogP contribution in [0.1, 0.15) is 44.9 Å². The summed E-state index contributed by atoms with van der Waals surface area (Å²) in [4.78, 5) is 4.45. The topological polar surface area (TPSA) is 59.6 Å².